The van der Waals surface area contributed by atoms with Crippen molar-refractivity contribution in [3.8, 4) is 0 Å². The first-order chi connectivity index (χ1) is 7.09. The molecule has 1 heterocycles. The third-order valence-electron chi connectivity index (χ3n) is 2.04. The van der Waals surface area contributed by atoms with E-state index in [1.165, 1.54) is 12.3 Å². The molecule has 0 saturated carbocycles. The average molecular weight is 208 g/mol. The van der Waals surface area contributed by atoms with Crippen molar-refractivity contribution in [2.24, 2.45) is 0 Å². The third kappa shape index (κ3) is 1.45. The van der Waals surface area contributed by atoms with E-state index in [-0.39, 0.29) is 5.39 Å². The first-order valence-corrected chi connectivity index (χ1v) is 4.05. The van der Waals surface area contributed by atoms with Crippen LogP contribution in [0.2, 0.25) is 0 Å². The molecule has 76 valence electrons. The minimum Gasteiger partial charge on any atom is -0.329 e. The quantitative estimate of drug-likeness (QED) is 0.570. The number of nitro benzene ring substituents is 1. The summed E-state index contributed by atoms with van der Waals surface area (Å²) in [6, 6.07) is 3.38. The molecule has 1 aromatic heterocycles. The maximum atomic E-state index is 13.1. The minimum absolute atomic E-state index is 0.102. The number of pyridine rings is 1. The Hall–Kier alpha value is -2.24. The zero-order valence-electron chi connectivity index (χ0n) is 7.36. The molecular formula is C9H5FN2O3. The highest BCUT2D eigenvalue weighted by Crippen LogP contribution is 2.21. The van der Waals surface area contributed by atoms with Gasteiger partial charge in [0, 0.05) is 12.3 Å². The Bertz CT molecular complexity index is 606. The molecule has 0 aliphatic carbocycles. The van der Waals surface area contributed by atoms with Gasteiger partial charge in [-0.2, -0.15) is 4.39 Å². The van der Waals surface area contributed by atoms with Crippen molar-refractivity contribution in [1.29, 1.82) is 0 Å². The fourth-order valence-electron chi connectivity index (χ4n) is 1.34. The van der Waals surface area contributed by atoms with Gasteiger partial charge in [0.1, 0.15) is 0 Å². The number of nitrogens with zero attached hydrogens (tertiary/aromatic N) is 1. The standard InChI is InChI=1S/C9H5FN2O3/c10-7-3-5-1-2-11-9(13)6(5)4-8(7)12(14)15/h1-4H,(H,11,13). The van der Waals surface area contributed by atoms with Crippen LogP contribution in [-0.2, 0) is 0 Å². The third-order valence-corrected chi connectivity index (χ3v) is 2.04. The van der Waals surface area contributed by atoms with Crippen LogP contribution in [0.3, 0.4) is 0 Å². The molecule has 0 bridgehead atoms. The molecular weight excluding hydrogens is 203 g/mol. The van der Waals surface area contributed by atoms with Gasteiger partial charge in [-0.3, -0.25) is 14.9 Å². The van der Waals surface area contributed by atoms with Gasteiger partial charge < -0.3 is 4.98 Å². The first-order valence-electron chi connectivity index (χ1n) is 4.05. The fourth-order valence-corrected chi connectivity index (χ4v) is 1.34. The van der Waals surface area contributed by atoms with Crippen molar-refractivity contribution in [3.05, 3.63) is 50.7 Å². The van der Waals surface area contributed by atoms with Crippen LogP contribution in [0.5, 0.6) is 0 Å². The summed E-state index contributed by atoms with van der Waals surface area (Å²) in [4.78, 5) is 23.2. The molecule has 5 nitrogen and oxygen atoms in total. The predicted octanol–water partition coefficient (Wildman–Crippen LogP) is 1.58. The smallest absolute Gasteiger partial charge is 0.305 e. The fraction of sp³-hybridized carbons (Fsp3) is 0. The monoisotopic (exact) mass is 208 g/mol. The van der Waals surface area contributed by atoms with E-state index in [9.17, 15) is 19.3 Å². The number of benzene rings is 1. The Morgan fingerprint density at radius 3 is 2.80 bits per heavy atom. The van der Waals surface area contributed by atoms with Gasteiger partial charge in [-0.15, -0.1) is 0 Å². The molecule has 0 unspecified atom stereocenters. The van der Waals surface area contributed by atoms with Crippen LogP contribution < -0.4 is 5.56 Å². The van der Waals surface area contributed by atoms with E-state index in [4.69, 9.17) is 0 Å². The molecule has 0 atom stereocenters. The molecule has 15 heavy (non-hydrogen) atoms. The summed E-state index contributed by atoms with van der Waals surface area (Å²) in [5, 5.41) is 10.9. The molecule has 0 amide bonds. The largest absolute Gasteiger partial charge is 0.329 e. The van der Waals surface area contributed by atoms with Gasteiger partial charge in [0.15, 0.2) is 0 Å². The number of nitro groups is 1. The number of rotatable bonds is 1. The number of hydrogen-bond acceptors (Lipinski definition) is 3. The summed E-state index contributed by atoms with van der Waals surface area (Å²) in [6.45, 7) is 0. The van der Waals surface area contributed by atoms with Crippen molar-refractivity contribution in [1.82, 2.24) is 4.98 Å². The van der Waals surface area contributed by atoms with Crippen LogP contribution in [0.4, 0.5) is 10.1 Å². The molecule has 6 heteroatoms. The average Bonchev–Trinajstić information content (AvgIpc) is 2.16. The SMILES string of the molecule is O=c1[nH]ccc2cc(F)c([N+](=O)[O-])cc12. The van der Waals surface area contributed by atoms with Crippen molar-refractivity contribution in [2.45, 2.75) is 0 Å². The Kier molecular flexibility index (Phi) is 1.96. The second-order valence-corrected chi connectivity index (χ2v) is 2.95. The van der Waals surface area contributed by atoms with Crippen LogP contribution in [0.25, 0.3) is 10.8 Å². The zero-order valence-corrected chi connectivity index (χ0v) is 7.36. The topological polar surface area (TPSA) is 76.0 Å². The van der Waals surface area contributed by atoms with E-state index in [1.807, 2.05) is 0 Å². The van der Waals surface area contributed by atoms with Gasteiger partial charge in [-0.25, -0.2) is 0 Å². The molecule has 0 saturated heterocycles. The lowest BCUT2D eigenvalue weighted by Crippen LogP contribution is -2.05. The Labute approximate surface area is 82.3 Å². The lowest BCUT2D eigenvalue weighted by Gasteiger charge is -1.97. The first kappa shape index (κ1) is 9.32. The summed E-state index contributed by atoms with van der Waals surface area (Å²) in [7, 11) is 0. The second kappa shape index (κ2) is 3.16. The normalized spacial score (nSPS) is 10.5. The molecule has 0 aliphatic rings. The van der Waals surface area contributed by atoms with Crippen molar-refractivity contribution in [2.75, 3.05) is 0 Å². The van der Waals surface area contributed by atoms with Gasteiger partial charge in [0.05, 0.1) is 10.3 Å². The molecule has 1 N–H and O–H groups in total. The molecule has 1 aromatic carbocycles. The molecule has 0 spiro atoms. The summed E-state index contributed by atoms with van der Waals surface area (Å²) in [5.74, 6) is -0.946. The van der Waals surface area contributed by atoms with E-state index in [2.05, 4.69) is 4.98 Å². The van der Waals surface area contributed by atoms with E-state index >= 15 is 0 Å². The van der Waals surface area contributed by atoms with Crippen molar-refractivity contribution >= 4 is 16.5 Å². The number of H-pyrrole nitrogens is 1. The lowest BCUT2D eigenvalue weighted by molar-refractivity contribution is -0.387. The maximum absolute atomic E-state index is 13.1. The van der Waals surface area contributed by atoms with Gasteiger partial charge in [-0.05, 0) is 17.5 Å². The van der Waals surface area contributed by atoms with Crippen LogP contribution in [-0.4, -0.2) is 9.91 Å². The van der Waals surface area contributed by atoms with Crippen molar-refractivity contribution in [3.63, 3.8) is 0 Å². The summed E-state index contributed by atoms with van der Waals surface area (Å²) in [6.07, 6.45) is 1.36. The van der Waals surface area contributed by atoms with Gasteiger partial charge in [0.25, 0.3) is 5.56 Å². The predicted molar refractivity (Wildman–Crippen MR) is 51.2 cm³/mol. The molecule has 2 rings (SSSR count). The highest BCUT2D eigenvalue weighted by Gasteiger charge is 2.15. The Balaban J connectivity index is 2.90. The maximum Gasteiger partial charge on any atom is 0.305 e. The Morgan fingerprint density at radius 1 is 1.40 bits per heavy atom. The number of aromatic amines is 1. The molecule has 2 aromatic rings. The highest BCUT2D eigenvalue weighted by atomic mass is 19.1. The summed E-state index contributed by atoms with van der Waals surface area (Å²) < 4.78 is 13.1. The minimum atomic E-state index is -0.946. The number of halogens is 1. The summed E-state index contributed by atoms with van der Waals surface area (Å²) in [5.41, 5.74) is -1.17. The number of hydrogen-bond donors (Lipinski definition) is 1. The number of aromatic nitrogens is 1. The van der Waals surface area contributed by atoms with Crippen LogP contribution in [0, 0.1) is 15.9 Å². The van der Waals surface area contributed by atoms with Crippen LogP contribution in [0.1, 0.15) is 0 Å². The lowest BCUT2D eigenvalue weighted by atomic mass is 10.1. The van der Waals surface area contributed by atoms with Gasteiger partial charge in [0.2, 0.25) is 5.82 Å². The van der Waals surface area contributed by atoms with E-state index < -0.39 is 22.0 Å². The van der Waals surface area contributed by atoms with Crippen LogP contribution in [0.15, 0.2) is 29.2 Å². The second-order valence-electron chi connectivity index (χ2n) is 2.95. The Morgan fingerprint density at radius 2 is 2.13 bits per heavy atom. The molecule has 0 aliphatic heterocycles. The summed E-state index contributed by atoms with van der Waals surface area (Å²) >= 11 is 0. The molecule has 0 radical (unpaired) electrons. The molecule has 0 fully saturated rings. The van der Waals surface area contributed by atoms with Gasteiger partial charge >= 0.3 is 5.69 Å². The van der Waals surface area contributed by atoms with E-state index in [0.717, 1.165) is 12.1 Å². The van der Waals surface area contributed by atoms with Gasteiger partial charge in [-0.1, -0.05) is 0 Å². The highest BCUT2D eigenvalue weighted by molar-refractivity contribution is 5.83. The number of nitrogens with one attached hydrogen (secondary N) is 1. The van der Waals surface area contributed by atoms with E-state index in [0.29, 0.717) is 5.39 Å². The van der Waals surface area contributed by atoms with Crippen molar-refractivity contribution < 1.29 is 9.31 Å². The zero-order chi connectivity index (χ0) is 11.0. The van der Waals surface area contributed by atoms with Crippen LogP contribution >= 0.6 is 0 Å². The van der Waals surface area contributed by atoms with E-state index in [1.54, 1.807) is 0 Å². The number of fused-ring (bicyclic) bond motifs is 1.